The number of benzene rings is 1. The first-order chi connectivity index (χ1) is 14.6. The quantitative estimate of drug-likeness (QED) is 0.677. The van der Waals surface area contributed by atoms with Gasteiger partial charge in [-0.2, -0.15) is 0 Å². The second-order valence-electron chi connectivity index (χ2n) is 9.44. The number of halogens is 1. The molecule has 1 aromatic carbocycles. The van der Waals surface area contributed by atoms with Gasteiger partial charge in [0.25, 0.3) is 5.91 Å². The van der Waals surface area contributed by atoms with Crippen LogP contribution in [-0.2, 0) is 20.7 Å². The number of amides is 4. The second-order valence-corrected chi connectivity index (χ2v) is 9.84. The number of hydrogen-bond donors (Lipinski definition) is 1. The number of piperidine rings is 1. The third-order valence-electron chi connectivity index (χ3n) is 6.27. The van der Waals surface area contributed by atoms with Gasteiger partial charge in [0.2, 0.25) is 5.91 Å². The number of nitrogens with one attached hydrogen (secondary N) is 1. The molecule has 4 amide bonds. The van der Waals surface area contributed by atoms with Crippen molar-refractivity contribution in [1.82, 2.24) is 15.1 Å². The van der Waals surface area contributed by atoms with E-state index in [-0.39, 0.29) is 30.9 Å². The van der Waals surface area contributed by atoms with Crippen molar-refractivity contribution in [2.24, 2.45) is 11.3 Å². The average molecular weight is 450 g/mol. The third-order valence-corrected chi connectivity index (χ3v) is 6.64. The molecular weight excluding hydrogens is 418 g/mol. The fraction of sp³-hybridized carbons (Fsp3) is 0.609. The molecule has 2 fully saturated rings. The number of imide groups is 1. The summed E-state index contributed by atoms with van der Waals surface area (Å²) in [5.74, 6) is -0.235. The minimum Gasteiger partial charge on any atom is -0.383 e. The Labute approximate surface area is 189 Å². The van der Waals surface area contributed by atoms with Crippen LogP contribution in [-0.4, -0.2) is 66.5 Å². The van der Waals surface area contributed by atoms with Crippen molar-refractivity contribution in [2.75, 3.05) is 33.4 Å². The molecule has 0 saturated carbocycles. The van der Waals surface area contributed by atoms with Gasteiger partial charge >= 0.3 is 6.03 Å². The summed E-state index contributed by atoms with van der Waals surface area (Å²) in [5, 5.41) is 3.58. The van der Waals surface area contributed by atoms with E-state index < -0.39 is 17.0 Å². The molecule has 8 heteroatoms. The number of hydrogen-bond acceptors (Lipinski definition) is 4. The number of urea groups is 1. The van der Waals surface area contributed by atoms with E-state index in [2.05, 4.69) is 5.32 Å². The molecule has 2 saturated heterocycles. The molecule has 0 bridgehead atoms. The van der Waals surface area contributed by atoms with Gasteiger partial charge in [0.15, 0.2) is 0 Å². The molecule has 7 nitrogen and oxygen atoms in total. The van der Waals surface area contributed by atoms with Crippen LogP contribution in [0.15, 0.2) is 24.3 Å². The van der Waals surface area contributed by atoms with Crippen LogP contribution in [0.2, 0.25) is 5.02 Å². The van der Waals surface area contributed by atoms with Crippen molar-refractivity contribution in [2.45, 2.75) is 45.6 Å². The number of ether oxygens (including phenoxy) is 1. The maximum Gasteiger partial charge on any atom is 0.325 e. The lowest BCUT2D eigenvalue weighted by Gasteiger charge is -2.42. The predicted octanol–water partition coefficient (Wildman–Crippen LogP) is 3.10. The van der Waals surface area contributed by atoms with E-state index in [4.69, 9.17) is 16.3 Å². The highest BCUT2D eigenvalue weighted by Crippen LogP contribution is 2.38. The standard InChI is InChI=1S/C23H32ClN3O4/c1-22(2,3)19(28)26-11-9-17(10-12-26)23(15-16-7-5-6-8-18(16)24)20(29)27(13-14-31-4)21(30)25-23/h5-8,17H,9-15H2,1-4H3,(H,25,30)/t23-/m0/s1. The molecule has 170 valence electrons. The monoisotopic (exact) mass is 449 g/mol. The molecule has 0 aliphatic carbocycles. The summed E-state index contributed by atoms with van der Waals surface area (Å²) >= 11 is 6.41. The highest BCUT2D eigenvalue weighted by Gasteiger charge is 2.56. The second kappa shape index (κ2) is 9.17. The van der Waals surface area contributed by atoms with Gasteiger partial charge in [0, 0.05) is 37.1 Å². The SMILES string of the molecule is COCCN1C(=O)N[C@@](Cc2ccccc2Cl)(C2CCN(C(=O)C(C)(C)C)CC2)C1=O. The first-order valence-electron chi connectivity index (χ1n) is 10.8. The van der Waals surface area contributed by atoms with Crippen molar-refractivity contribution in [1.29, 1.82) is 0 Å². The maximum atomic E-state index is 13.6. The van der Waals surface area contributed by atoms with Gasteiger partial charge in [-0.1, -0.05) is 50.6 Å². The molecule has 1 N–H and O–H groups in total. The zero-order chi connectivity index (χ0) is 22.8. The van der Waals surface area contributed by atoms with Crippen molar-refractivity contribution in [3.05, 3.63) is 34.9 Å². The van der Waals surface area contributed by atoms with E-state index >= 15 is 0 Å². The first-order valence-corrected chi connectivity index (χ1v) is 11.1. The van der Waals surface area contributed by atoms with Crippen LogP contribution in [0.1, 0.15) is 39.2 Å². The fourth-order valence-corrected chi connectivity index (χ4v) is 4.77. The van der Waals surface area contributed by atoms with E-state index in [1.165, 1.54) is 12.0 Å². The number of carbonyl (C=O) groups is 3. The molecule has 2 aliphatic heterocycles. The van der Waals surface area contributed by atoms with Crippen LogP contribution in [0.3, 0.4) is 0 Å². The van der Waals surface area contributed by atoms with Gasteiger partial charge in [0.1, 0.15) is 5.54 Å². The number of methoxy groups -OCH3 is 1. The minimum absolute atomic E-state index is 0.100. The average Bonchev–Trinajstić information content (AvgIpc) is 2.97. The van der Waals surface area contributed by atoms with Crippen LogP contribution in [0.5, 0.6) is 0 Å². The Hall–Kier alpha value is -2.12. The van der Waals surface area contributed by atoms with Gasteiger partial charge < -0.3 is 15.0 Å². The molecule has 2 heterocycles. The van der Waals surface area contributed by atoms with Crippen molar-refractivity contribution >= 4 is 29.4 Å². The lowest BCUT2D eigenvalue weighted by molar-refractivity contribution is -0.142. The summed E-state index contributed by atoms with van der Waals surface area (Å²) in [5.41, 5.74) is -0.706. The van der Waals surface area contributed by atoms with Crippen LogP contribution >= 0.6 is 11.6 Å². The van der Waals surface area contributed by atoms with Gasteiger partial charge in [0.05, 0.1) is 13.2 Å². The van der Waals surface area contributed by atoms with Crippen LogP contribution in [0, 0.1) is 11.3 Å². The molecule has 3 rings (SSSR count). The normalized spacial score (nSPS) is 22.7. The zero-order valence-corrected chi connectivity index (χ0v) is 19.5. The highest BCUT2D eigenvalue weighted by molar-refractivity contribution is 6.31. The molecule has 0 radical (unpaired) electrons. The molecule has 1 atom stereocenters. The largest absolute Gasteiger partial charge is 0.383 e. The third kappa shape index (κ3) is 4.72. The van der Waals surface area contributed by atoms with E-state index in [0.717, 1.165) is 5.56 Å². The molecule has 31 heavy (non-hydrogen) atoms. The number of carbonyl (C=O) groups excluding carboxylic acids is 3. The summed E-state index contributed by atoms with van der Waals surface area (Å²) in [6.45, 7) is 7.34. The van der Waals surface area contributed by atoms with Gasteiger partial charge in [-0.3, -0.25) is 14.5 Å². The van der Waals surface area contributed by atoms with Gasteiger partial charge in [-0.15, -0.1) is 0 Å². The topological polar surface area (TPSA) is 79.0 Å². The van der Waals surface area contributed by atoms with Crippen molar-refractivity contribution in [3.63, 3.8) is 0 Å². The Kier molecular flexibility index (Phi) is 6.96. The van der Waals surface area contributed by atoms with Crippen molar-refractivity contribution in [3.8, 4) is 0 Å². The molecule has 0 aromatic heterocycles. The maximum absolute atomic E-state index is 13.6. The molecule has 2 aliphatic rings. The van der Waals surface area contributed by atoms with Gasteiger partial charge in [-0.25, -0.2) is 4.79 Å². The fourth-order valence-electron chi connectivity index (χ4n) is 4.56. The van der Waals surface area contributed by atoms with Crippen LogP contribution in [0.25, 0.3) is 0 Å². The summed E-state index contributed by atoms with van der Waals surface area (Å²) in [4.78, 5) is 42.2. The lowest BCUT2D eigenvalue weighted by Crippen LogP contribution is -2.58. The highest BCUT2D eigenvalue weighted by atomic mass is 35.5. The first kappa shape index (κ1) is 23.5. The zero-order valence-electron chi connectivity index (χ0n) is 18.7. The molecule has 0 unspecified atom stereocenters. The summed E-state index contributed by atoms with van der Waals surface area (Å²) in [7, 11) is 1.54. The van der Waals surface area contributed by atoms with Crippen LogP contribution in [0.4, 0.5) is 4.79 Å². The Morgan fingerprint density at radius 1 is 1.23 bits per heavy atom. The number of likely N-dealkylation sites (tertiary alicyclic amines) is 1. The summed E-state index contributed by atoms with van der Waals surface area (Å²) in [6, 6.07) is 7.00. The predicted molar refractivity (Wildman–Crippen MR) is 119 cm³/mol. The van der Waals surface area contributed by atoms with Gasteiger partial charge in [-0.05, 0) is 30.4 Å². The van der Waals surface area contributed by atoms with E-state index in [9.17, 15) is 14.4 Å². The lowest BCUT2D eigenvalue weighted by atomic mass is 9.73. The molecule has 1 aromatic rings. The summed E-state index contributed by atoms with van der Waals surface area (Å²) < 4.78 is 5.08. The molecule has 0 spiro atoms. The Morgan fingerprint density at radius 3 is 2.45 bits per heavy atom. The minimum atomic E-state index is -1.08. The Bertz CT molecular complexity index is 845. The van der Waals surface area contributed by atoms with E-state index in [1.54, 1.807) is 6.07 Å². The smallest absolute Gasteiger partial charge is 0.325 e. The van der Waals surface area contributed by atoms with E-state index in [1.807, 2.05) is 43.9 Å². The Morgan fingerprint density at radius 2 is 1.87 bits per heavy atom. The summed E-state index contributed by atoms with van der Waals surface area (Å²) in [6.07, 6.45) is 1.59. The number of rotatable bonds is 6. The van der Waals surface area contributed by atoms with Crippen molar-refractivity contribution < 1.29 is 19.1 Å². The van der Waals surface area contributed by atoms with E-state index in [0.29, 0.717) is 37.4 Å². The Balaban J connectivity index is 1.88. The van der Waals surface area contributed by atoms with Crippen LogP contribution < -0.4 is 5.32 Å². The molecular formula is C23H32ClN3O4. The number of nitrogens with zero attached hydrogens (tertiary/aromatic N) is 2.